The monoisotopic (exact) mass is 300 g/mol. The molecule has 5 heteroatoms. The molecule has 1 aliphatic heterocycles. The molecule has 21 heavy (non-hydrogen) atoms. The summed E-state index contributed by atoms with van der Waals surface area (Å²) in [7, 11) is 0. The lowest BCUT2D eigenvalue weighted by molar-refractivity contribution is -0.121. The Bertz CT molecular complexity index is 721. The first-order chi connectivity index (χ1) is 10.1. The second kappa shape index (κ2) is 5.33. The molecule has 0 radical (unpaired) electrons. The van der Waals surface area contributed by atoms with Crippen molar-refractivity contribution in [2.75, 3.05) is 18.1 Å². The predicted octanol–water partition coefficient (Wildman–Crippen LogP) is 3.34. The summed E-state index contributed by atoms with van der Waals surface area (Å²) in [6.45, 7) is 8.33. The number of aryl methyl sites for hydroxylation is 2. The number of hydrogen-bond acceptors (Lipinski definition) is 4. The maximum Gasteiger partial charge on any atom is 0.265 e. The first kappa shape index (κ1) is 13.8. The van der Waals surface area contributed by atoms with Gasteiger partial charge >= 0.3 is 0 Å². The quantitative estimate of drug-likeness (QED) is 0.816. The molecule has 1 aromatic carbocycles. The van der Waals surface area contributed by atoms with E-state index in [4.69, 9.17) is 4.74 Å². The SMILES string of the molecule is C=CCN1C(=O)COc2ccc(-c3nc(C)sc3C)cc21. The van der Waals surface area contributed by atoms with Crippen LogP contribution in [0.25, 0.3) is 11.3 Å². The number of benzene rings is 1. The Hall–Kier alpha value is -2.14. The first-order valence-corrected chi connectivity index (χ1v) is 7.54. The normalized spacial score (nSPS) is 13.8. The number of anilines is 1. The van der Waals surface area contributed by atoms with Crippen molar-refractivity contribution in [3.63, 3.8) is 0 Å². The molecule has 2 aromatic rings. The number of thiazole rings is 1. The molecule has 3 rings (SSSR count). The third-order valence-corrected chi connectivity index (χ3v) is 4.28. The van der Waals surface area contributed by atoms with Gasteiger partial charge in [-0.3, -0.25) is 4.79 Å². The van der Waals surface area contributed by atoms with Crippen LogP contribution < -0.4 is 9.64 Å². The van der Waals surface area contributed by atoms with Gasteiger partial charge in [0.1, 0.15) is 5.75 Å². The van der Waals surface area contributed by atoms with E-state index < -0.39 is 0 Å². The lowest BCUT2D eigenvalue weighted by Crippen LogP contribution is -2.38. The van der Waals surface area contributed by atoms with Crippen molar-refractivity contribution in [1.29, 1.82) is 0 Å². The first-order valence-electron chi connectivity index (χ1n) is 6.72. The Morgan fingerprint density at radius 3 is 2.95 bits per heavy atom. The molecule has 0 N–H and O–H groups in total. The van der Waals surface area contributed by atoms with Gasteiger partial charge in [-0.25, -0.2) is 4.98 Å². The predicted molar refractivity (Wildman–Crippen MR) is 85.1 cm³/mol. The zero-order valence-corrected chi connectivity index (χ0v) is 12.9. The van der Waals surface area contributed by atoms with Crippen molar-refractivity contribution in [1.82, 2.24) is 4.98 Å². The Morgan fingerprint density at radius 2 is 2.29 bits per heavy atom. The molecule has 0 saturated carbocycles. The highest BCUT2D eigenvalue weighted by Crippen LogP contribution is 2.37. The number of carbonyl (C=O) groups is 1. The molecule has 2 heterocycles. The summed E-state index contributed by atoms with van der Waals surface area (Å²) in [5.41, 5.74) is 2.76. The van der Waals surface area contributed by atoms with E-state index in [1.807, 2.05) is 25.1 Å². The standard InChI is InChI=1S/C16H16N2O2S/c1-4-7-18-13-8-12(16-10(2)21-11(3)17-16)5-6-14(13)20-9-15(18)19/h4-6,8H,1,7,9H2,2-3H3. The van der Waals surface area contributed by atoms with Gasteiger partial charge in [-0.15, -0.1) is 17.9 Å². The van der Waals surface area contributed by atoms with Gasteiger partial charge in [-0.1, -0.05) is 6.08 Å². The van der Waals surface area contributed by atoms with Crippen molar-refractivity contribution in [2.24, 2.45) is 0 Å². The fourth-order valence-electron chi connectivity index (χ4n) is 2.48. The Labute approximate surface area is 127 Å². The van der Waals surface area contributed by atoms with Crippen LogP contribution in [0.15, 0.2) is 30.9 Å². The van der Waals surface area contributed by atoms with Crippen LogP contribution >= 0.6 is 11.3 Å². The molecule has 0 bridgehead atoms. The second-order valence-electron chi connectivity index (χ2n) is 4.90. The van der Waals surface area contributed by atoms with Crippen LogP contribution in [0, 0.1) is 13.8 Å². The molecule has 1 aromatic heterocycles. The summed E-state index contributed by atoms with van der Waals surface area (Å²) in [4.78, 5) is 19.4. The van der Waals surface area contributed by atoms with Gasteiger partial charge in [0.15, 0.2) is 6.61 Å². The van der Waals surface area contributed by atoms with Gasteiger partial charge in [0.25, 0.3) is 5.91 Å². The largest absolute Gasteiger partial charge is 0.482 e. The minimum Gasteiger partial charge on any atom is -0.482 e. The van der Waals surface area contributed by atoms with Crippen LogP contribution in [-0.4, -0.2) is 24.0 Å². The number of hydrogen-bond donors (Lipinski definition) is 0. The molecule has 0 aliphatic carbocycles. The van der Waals surface area contributed by atoms with E-state index in [1.54, 1.807) is 22.3 Å². The van der Waals surface area contributed by atoms with Gasteiger partial charge < -0.3 is 9.64 Å². The minimum atomic E-state index is -0.0502. The molecule has 0 spiro atoms. The molecule has 1 aliphatic rings. The molecule has 0 atom stereocenters. The van der Waals surface area contributed by atoms with E-state index in [-0.39, 0.29) is 12.5 Å². The average molecular weight is 300 g/mol. The number of ether oxygens (including phenoxy) is 1. The van der Waals surface area contributed by atoms with E-state index in [2.05, 4.69) is 18.5 Å². The van der Waals surface area contributed by atoms with Crippen molar-refractivity contribution in [3.8, 4) is 17.0 Å². The molecule has 108 valence electrons. The van der Waals surface area contributed by atoms with Crippen LogP contribution in [0.2, 0.25) is 0 Å². The molecule has 0 saturated heterocycles. The summed E-state index contributed by atoms with van der Waals surface area (Å²) in [6, 6.07) is 5.86. The molecule has 0 fully saturated rings. The molecule has 0 unspecified atom stereocenters. The van der Waals surface area contributed by atoms with Gasteiger partial charge in [0, 0.05) is 17.0 Å². The van der Waals surface area contributed by atoms with Crippen LogP contribution in [0.3, 0.4) is 0 Å². The summed E-state index contributed by atoms with van der Waals surface area (Å²) in [5.74, 6) is 0.676. The number of carbonyl (C=O) groups excluding carboxylic acids is 1. The fraction of sp³-hybridized carbons (Fsp3) is 0.250. The van der Waals surface area contributed by atoms with Crippen molar-refractivity contribution in [2.45, 2.75) is 13.8 Å². The number of amides is 1. The van der Waals surface area contributed by atoms with Gasteiger partial charge in [-0.05, 0) is 32.0 Å². The lowest BCUT2D eigenvalue weighted by atomic mass is 10.1. The smallest absolute Gasteiger partial charge is 0.265 e. The van der Waals surface area contributed by atoms with Gasteiger partial charge in [-0.2, -0.15) is 0 Å². The van der Waals surface area contributed by atoms with Crippen LogP contribution in [0.4, 0.5) is 5.69 Å². The maximum absolute atomic E-state index is 12.0. The Balaban J connectivity index is 2.09. The van der Waals surface area contributed by atoms with E-state index in [0.717, 1.165) is 27.7 Å². The number of rotatable bonds is 3. The third kappa shape index (κ3) is 2.45. The van der Waals surface area contributed by atoms with E-state index in [9.17, 15) is 4.79 Å². The zero-order valence-electron chi connectivity index (χ0n) is 12.0. The number of aromatic nitrogens is 1. The van der Waals surface area contributed by atoms with E-state index in [0.29, 0.717) is 6.54 Å². The van der Waals surface area contributed by atoms with Gasteiger partial charge in [0.05, 0.1) is 16.4 Å². The van der Waals surface area contributed by atoms with Gasteiger partial charge in [0.2, 0.25) is 0 Å². The van der Waals surface area contributed by atoms with Crippen molar-refractivity contribution in [3.05, 3.63) is 40.7 Å². The highest BCUT2D eigenvalue weighted by Gasteiger charge is 2.25. The topological polar surface area (TPSA) is 42.4 Å². The summed E-state index contributed by atoms with van der Waals surface area (Å²) >= 11 is 1.67. The summed E-state index contributed by atoms with van der Waals surface area (Å²) in [6.07, 6.45) is 1.72. The second-order valence-corrected chi connectivity index (χ2v) is 6.31. The highest BCUT2D eigenvalue weighted by atomic mass is 32.1. The summed E-state index contributed by atoms with van der Waals surface area (Å²) in [5, 5.41) is 1.04. The molecule has 4 nitrogen and oxygen atoms in total. The third-order valence-electron chi connectivity index (χ3n) is 3.39. The van der Waals surface area contributed by atoms with Crippen LogP contribution in [0.1, 0.15) is 9.88 Å². The minimum absolute atomic E-state index is 0.0502. The average Bonchev–Trinajstić information content (AvgIpc) is 2.80. The Morgan fingerprint density at radius 1 is 1.48 bits per heavy atom. The lowest BCUT2D eigenvalue weighted by Gasteiger charge is -2.28. The maximum atomic E-state index is 12.0. The van der Waals surface area contributed by atoms with Crippen LogP contribution in [-0.2, 0) is 4.79 Å². The fourth-order valence-corrected chi connectivity index (χ4v) is 3.32. The zero-order chi connectivity index (χ0) is 15.0. The van der Waals surface area contributed by atoms with E-state index >= 15 is 0 Å². The van der Waals surface area contributed by atoms with Crippen molar-refractivity contribution >= 4 is 22.9 Å². The summed E-state index contributed by atoms with van der Waals surface area (Å²) < 4.78 is 5.50. The molecular formula is C16H16N2O2S. The van der Waals surface area contributed by atoms with Crippen LogP contribution in [0.5, 0.6) is 5.75 Å². The number of nitrogens with zero attached hydrogens (tertiary/aromatic N) is 2. The Kier molecular flexibility index (Phi) is 3.51. The molecule has 1 amide bonds. The number of fused-ring (bicyclic) bond motifs is 1. The van der Waals surface area contributed by atoms with Crippen molar-refractivity contribution < 1.29 is 9.53 Å². The highest BCUT2D eigenvalue weighted by molar-refractivity contribution is 7.11. The van der Waals surface area contributed by atoms with E-state index in [1.165, 1.54) is 4.88 Å². The molecular weight excluding hydrogens is 284 g/mol.